The highest BCUT2D eigenvalue weighted by Gasteiger charge is 2.41. The second-order valence-electron chi connectivity index (χ2n) is 6.72. The van der Waals surface area contributed by atoms with E-state index in [9.17, 15) is 14.4 Å². The number of carbonyl (C=O) groups excluding carboxylic acids is 2. The van der Waals surface area contributed by atoms with Gasteiger partial charge in [0, 0.05) is 0 Å². The summed E-state index contributed by atoms with van der Waals surface area (Å²) < 4.78 is 1.74. The van der Waals surface area contributed by atoms with Crippen LogP contribution < -0.4 is 4.90 Å². The Bertz CT molecular complexity index is 1100. The Balaban J connectivity index is 1.71. The highest BCUT2D eigenvalue weighted by molar-refractivity contribution is 6.22. The quantitative estimate of drug-likeness (QED) is 0.723. The summed E-state index contributed by atoms with van der Waals surface area (Å²) in [4.78, 5) is 42.0. The minimum atomic E-state index is -1.06. The number of nitrogens with zero attached hydrogens (tertiary/aromatic N) is 3. The number of carboxylic acids is 1. The number of aryl methyl sites for hydroxylation is 2. The summed E-state index contributed by atoms with van der Waals surface area (Å²) in [5, 5.41) is 9.00. The number of carbonyl (C=O) groups is 3. The van der Waals surface area contributed by atoms with Crippen molar-refractivity contribution in [3.63, 3.8) is 0 Å². The predicted octanol–water partition coefficient (Wildman–Crippen LogP) is 2.86. The molecule has 136 valence electrons. The SMILES string of the molecule is Cc1cc2ncn([C@@H]3CC(=O)N(c4ccc(C(=O)O)cc4)C3=O)c2cc1C. The molecule has 0 aliphatic carbocycles. The maximum atomic E-state index is 13.0. The molecule has 3 aromatic rings. The number of anilines is 1. The maximum absolute atomic E-state index is 13.0. The first-order valence-corrected chi connectivity index (χ1v) is 8.51. The fourth-order valence-corrected chi connectivity index (χ4v) is 3.39. The van der Waals surface area contributed by atoms with Crippen LogP contribution in [0.1, 0.15) is 33.9 Å². The molecular weight excluding hydrogens is 346 g/mol. The molecule has 1 aliphatic rings. The van der Waals surface area contributed by atoms with Crippen molar-refractivity contribution in [3.05, 3.63) is 59.4 Å². The number of aromatic carboxylic acids is 1. The van der Waals surface area contributed by atoms with Crippen LogP contribution in [0.25, 0.3) is 11.0 Å². The third kappa shape index (κ3) is 2.68. The van der Waals surface area contributed by atoms with Gasteiger partial charge >= 0.3 is 5.97 Å². The smallest absolute Gasteiger partial charge is 0.335 e. The first-order valence-electron chi connectivity index (χ1n) is 8.51. The van der Waals surface area contributed by atoms with Crippen molar-refractivity contribution >= 4 is 34.5 Å². The van der Waals surface area contributed by atoms with Crippen molar-refractivity contribution < 1.29 is 19.5 Å². The minimum absolute atomic E-state index is 0.0396. The number of imide groups is 1. The molecule has 7 nitrogen and oxygen atoms in total. The van der Waals surface area contributed by atoms with E-state index in [4.69, 9.17) is 5.11 Å². The Kier molecular flexibility index (Phi) is 3.80. The fraction of sp³-hybridized carbons (Fsp3) is 0.200. The molecule has 1 aliphatic heterocycles. The molecule has 0 radical (unpaired) electrons. The Hall–Kier alpha value is -3.48. The molecule has 0 spiro atoms. The standard InChI is InChI=1S/C20H17N3O4/c1-11-7-15-16(8-12(11)2)22(10-21-15)17-9-18(24)23(19(17)25)14-5-3-13(4-6-14)20(26)27/h3-8,10,17H,9H2,1-2H3,(H,26,27)/t17-/m1/s1. The lowest BCUT2D eigenvalue weighted by atomic mass is 10.1. The van der Waals surface area contributed by atoms with Gasteiger partial charge in [-0.25, -0.2) is 14.7 Å². The molecule has 4 rings (SSSR count). The van der Waals surface area contributed by atoms with Crippen LogP contribution in [0.2, 0.25) is 0 Å². The maximum Gasteiger partial charge on any atom is 0.335 e. The molecule has 0 unspecified atom stereocenters. The zero-order valence-electron chi connectivity index (χ0n) is 14.8. The number of imidazole rings is 1. The first kappa shape index (κ1) is 17.0. The minimum Gasteiger partial charge on any atom is -0.478 e. The fourth-order valence-electron chi connectivity index (χ4n) is 3.39. The molecule has 2 aromatic carbocycles. The lowest BCUT2D eigenvalue weighted by Crippen LogP contribution is -2.31. The molecule has 0 saturated carbocycles. The van der Waals surface area contributed by atoms with Crippen LogP contribution in [-0.4, -0.2) is 32.4 Å². The van der Waals surface area contributed by atoms with Gasteiger partial charge in [0.2, 0.25) is 5.91 Å². The number of hydrogen-bond acceptors (Lipinski definition) is 4. The lowest BCUT2D eigenvalue weighted by Gasteiger charge is -2.16. The van der Waals surface area contributed by atoms with E-state index in [-0.39, 0.29) is 23.8 Å². The normalized spacial score (nSPS) is 17.1. The Morgan fingerprint density at radius 2 is 1.78 bits per heavy atom. The summed E-state index contributed by atoms with van der Waals surface area (Å²) in [6.07, 6.45) is 1.63. The van der Waals surface area contributed by atoms with Crippen molar-refractivity contribution in [2.24, 2.45) is 0 Å². The van der Waals surface area contributed by atoms with Crippen LogP contribution in [0.5, 0.6) is 0 Å². The molecule has 1 N–H and O–H groups in total. The summed E-state index contributed by atoms with van der Waals surface area (Å²) in [7, 11) is 0. The van der Waals surface area contributed by atoms with E-state index in [0.29, 0.717) is 5.69 Å². The molecule has 7 heteroatoms. The molecular formula is C20H17N3O4. The van der Waals surface area contributed by atoms with Gasteiger partial charge in [-0.15, -0.1) is 0 Å². The van der Waals surface area contributed by atoms with Crippen molar-refractivity contribution in [1.29, 1.82) is 0 Å². The van der Waals surface area contributed by atoms with Crippen molar-refractivity contribution in [3.8, 4) is 0 Å². The van der Waals surface area contributed by atoms with Gasteiger partial charge in [0.25, 0.3) is 5.91 Å². The molecule has 2 amide bonds. The zero-order valence-corrected chi connectivity index (χ0v) is 14.8. The van der Waals surface area contributed by atoms with E-state index < -0.39 is 12.0 Å². The van der Waals surface area contributed by atoms with Gasteiger partial charge in [-0.05, 0) is 61.4 Å². The summed E-state index contributed by atoms with van der Waals surface area (Å²) >= 11 is 0. The summed E-state index contributed by atoms with van der Waals surface area (Å²) in [6.45, 7) is 3.99. The van der Waals surface area contributed by atoms with Gasteiger partial charge in [0.05, 0.1) is 35.0 Å². The van der Waals surface area contributed by atoms with Gasteiger partial charge in [0.1, 0.15) is 6.04 Å². The van der Waals surface area contributed by atoms with Gasteiger partial charge < -0.3 is 9.67 Å². The monoisotopic (exact) mass is 363 g/mol. The van der Waals surface area contributed by atoms with Gasteiger partial charge in [-0.2, -0.15) is 0 Å². The first-order chi connectivity index (χ1) is 12.9. The van der Waals surface area contributed by atoms with Crippen LogP contribution in [-0.2, 0) is 9.59 Å². The van der Waals surface area contributed by atoms with Crippen LogP contribution in [0.15, 0.2) is 42.7 Å². The average Bonchev–Trinajstić information content (AvgIpc) is 3.15. The summed E-state index contributed by atoms with van der Waals surface area (Å²) in [5.41, 5.74) is 4.26. The topological polar surface area (TPSA) is 92.5 Å². The molecule has 1 fully saturated rings. The Morgan fingerprint density at radius 3 is 2.44 bits per heavy atom. The van der Waals surface area contributed by atoms with Crippen LogP contribution in [0.4, 0.5) is 5.69 Å². The highest BCUT2D eigenvalue weighted by atomic mass is 16.4. The van der Waals surface area contributed by atoms with E-state index in [0.717, 1.165) is 27.1 Å². The summed E-state index contributed by atoms with van der Waals surface area (Å²) in [6, 6.07) is 8.98. The van der Waals surface area contributed by atoms with E-state index in [1.54, 1.807) is 10.9 Å². The predicted molar refractivity (Wildman–Crippen MR) is 98.8 cm³/mol. The largest absolute Gasteiger partial charge is 0.478 e. The molecule has 0 bridgehead atoms. The van der Waals surface area contributed by atoms with E-state index in [1.807, 2.05) is 26.0 Å². The van der Waals surface area contributed by atoms with Gasteiger partial charge in [0.15, 0.2) is 0 Å². The second-order valence-corrected chi connectivity index (χ2v) is 6.72. The van der Waals surface area contributed by atoms with Gasteiger partial charge in [-0.1, -0.05) is 0 Å². The van der Waals surface area contributed by atoms with Crippen molar-refractivity contribution in [2.45, 2.75) is 26.3 Å². The molecule has 1 atom stereocenters. The molecule has 2 heterocycles. The number of aromatic nitrogens is 2. The number of hydrogen-bond donors (Lipinski definition) is 1. The molecule has 1 aromatic heterocycles. The number of fused-ring (bicyclic) bond motifs is 1. The van der Waals surface area contributed by atoms with Crippen LogP contribution in [0.3, 0.4) is 0 Å². The van der Waals surface area contributed by atoms with Crippen molar-refractivity contribution in [1.82, 2.24) is 9.55 Å². The van der Waals surface area contributed by atoms with E-state index in [1.165, 1.54) is 24.3 Å². The zero-order chi connectivity index (χ0) is 19.3. The van der Waals surface area contributed by atoms with E-state index >= 15 is 0 Å². The number of carboxylic acid groups (broad SMARTS) is 1. The second kappa shape index (κ2) is 6.05. The van der Waals surface area contributed by atoms with Crippen LogP contribution >= 0.6 is 0 Å². The van der Waals surface area contributed by atoms with Gasteiger partial charge in [-0.3, -0.25) is 9.59 Å². The Labute approximate surface area is 154 Å². The van der Waals surface area contributed by atoms with Crippen LogP contribution in [0, 0.1) is 13.8 Å². The molecule has 1 saturated heterocycles. The lowest BCUT2D eigenvalue weighted by molar-refractivity contribution is -0.122. The third-order valence-electron chi connectivity index (χ3n) is 5.02. The summed E-state index contributed by atoms with van der Waals surface area (Å²) in [5.74, 6) is -1.73. The third-order valence-corrected chi connectivity index (χ3v) is 5.02. The van der Waals surface area contributed by atoms with E-state index in [2.05, 4.69) is 4.98 Å². The number of rotatable bonds is 3. The number of benzene rings is 2. The van der Waals surface area contributed by atoms with Crippen molar-refractivity contribution in [2.75, 3.05) is 4.90 Å². The number of amides is 2. The molecule has 27 heavy (non-hydrogen) atoms. The Morgan fingerprint density at radius 1 is 1.11 bits per heavy atom. The highest BCUT2D eigenvalue weighted by Crippen LogP contribution is 2.32. The average molecular weight is 363 g/mol.